The van der Waals surface area contributed by atoms with Crippen LogP contribution in [0.1, 0.15) is 33.3 Å². The molecule has 2 aromatic rings. The van der Waals surface area contributed by atoms with Crippen molar-refractivity contribution >= 4 is 17.5 Å². The third-order valence-corrected chi connectivity index (χ3v) is 3.96. The van der Waals surface area contributed by atoms with Crippen molar-refractivity contribution < 1.29 is 9.21 Å². The molecule has 0 spiro atoms. The monoisotopic (exact) mass is 275 g/mol. The average molecular weight is 276 g/mol. The molecule has 1 aliphatic rings. The van der Waals surface area contributed by atoms with Gasteiger partial charge in [-0.05, 0) is 30.5 Å². The third-order valence-electron chi connectivity index (χ3n) is 3.56. The van der Waals surface area contributed by atoms with E-state index in [4.69, 9.17) is 16.0 Å². The summed E-state index contributed by atoms with van der Waals surface area (Å²) in [4.78, 5) is 12.2. The van der Waals surface area contributed by atoms with Crippen LogP contribution in [-0.4, -0.2) is 11.3 Å². The molecular formula is C15H14ClNO2. The van der Waals surface area contributed by atoms with Crippen LogP contribution in [0, 0.1) is 6.92 Å². The minimum Gasteiger partial charge on any atom is -0.469 e. The Morgan fingerprint density at radius 1 is 1.37 bits per heavy atom. The quantitative estimate of drug-likeness (QED) is 0.855. The van der Waals surface area contributed by atoms with Gasteiger partial charge in [0.05, 0.1) is 23.2 Å². The summed E-state index contributed by atoms with van der Waals surface area (Å²) >= 11 is 6.35. The highest BCUT2D eigenvalue weighted by Gasteiger charge is 2.32. The lowest BCUT2D eigenvalue weighted by Crippen LogP contribution is -2.31. The van der Waals surface area contributed by atoms with E-state index in [1.165, 1.54) is 11.8 Å². The van der Waals surface area contributed by atoms with Crippen LogP contribution in [-0.2, 0) is 6.42 Å². The molecule has 1 heterocycles. The topological polar surface area (TPSA) is 42.2 Å². The predicted octanol–water partition coefficient (Wildman–Crippen LogP) is 3.22. The van der Waals surface area contributed by atoms with Crippen LogP contribution in [0.25, 0.3) is 0 Å². The summed E-state index contributed by atoms with van der Waals surface area (Å²) in [5.74, 6) is 0.480. The number of amides is 1. The third kappa shape index (κ3) is 2.15. The van der Waals surface area contributed by atoms with Gasteiger partial charge in [0.2, 0.25) is 0 Å². The van der Waals surface area contributed by atoms with E-state index in [1.54, 1.807) is 13.0 Å². The molecule has 1 amide bonds. The number of halogens is 1. The van der Waals surface area contributed by atoms with Gasteiger partial charge < -0.3 is 9.73 Å². The van der Waals surface area contributed by atoms with Crippen molar-refractivity contribution in [3.05, 3.63) is 59.0 Å². The van der Waals surface area contributed by atoms with E-state index in [1.807, 2.05) is 18.2 Å². The Bertz CT molecular complexity index is 620. The zero-order valence-corrected chi connectivity index (χ0v) is 11.3. The lowest BCUT2D eigenvalue weighted by molar-refractivity contribution is 0.0935. The number of carbonyl (C=O) groups is 1. The Morgan fingerprint density at radius 2 is 2.16 bits per heavy atom. The summed E-state index contributed by atoms with van der Waals surface area (Å²) in [7, 11) is 0. The molecule has 0 fully saturated rings. The lowest BCUT2D eigenvalue weighted by atomic mass is 10.1. The predicted molar refractivity (Wildman–Crippen MR) is 73.4 cm³/mol. The zero-order valence-electron chi connectivity index (χ0n) is 10.5. The second kappa shape index (κ2) is 4.74. The molecule has 4 heteroatoms. The van der Waals surface area contributed by atoms with Crippen molar-refractivity contribution in [1.82, 2.24) is 5.32 Å². The van der Waals surface area contributed by atoms with Crippen LogP contribution in [0.3, 0.4) is 0 Å². The molecular weight excluding hydrogens is 262 g/mol. The minimum absolute atomic E-state index is 0.103. The van der Waals surface area contributed by atoms with Gasteiger partial charge in [0.15, 0.2) is 0 Å². The molecule has 19 heavy (non-hydrogen) atoms. The van der Waals surface area contributed by atoms with E-state index in [0.29, 0.717) is 11.3 Å². The van der Waals surface area contributed by atoms with Crippen LogP contribution in [0.5, 0.6) is 0 Å². The smallest absolute Gasteiger partial charge is 0.255 e. The molecule has 1 aromatic carbocycles. The Kier molecular flexibility index (Phi) is 3.07. The van der Waals surface area contributed by atoms with Gasteiger partial charge >= 0.3 is 0 Å². The van der Waals surface area contributed by atoms with E-state index in [0.717, 1.165) is 12.0 Å². The standard InChI is InChI=1S/C15H14ClNO2/c1-9-11(6-7-19-9)15(18)17-14-12-5-3-2-4-10(12)8-13(14)16/h2-7,13-14H,8H2,1H3,(H,17,18). The average Bonchev–Trinajstić information content (AvgIpc) is 2.94. The van der Waals surface area contributed by atoms with Crippen molar-refractivity contribution in [2.24, 2.45) is 0 Å². The summed E-state index contributed by atoms with van der Waals surface area (Å²) < 4.78 is 5.15. The summed E-state index contributed by atoms with van der Waals surface area (Å²) in [5.41, 5.74) is 2.88. The van der Waals surface area contributed by atoms with Crippen LogP contribution in [0.15, 0.2) is 41.0 Å². The number of fused-ring (bicyclic) bond motifs is 1. The van der Waals surface area contributed by atoms with Gasteiger partial charge in [0.1, 0.15) is 5.76 Å². The number of benzene rings is 1. The van der Waals surface area contributed by atoms with Gasteiger partial charge in [-0.15, -0.1) is 11.6 Å². The molecule has 0 saturated carbocycles. The first-order chi connectivity index (χ1) is 9.16. The SMILES string of the molecule is Cc1occc1C(=O)NC1c2ccccc2CC1Cl. The molecule has 2 unspecified atom stereocenters. The van der Waals surface area contributed by atoms with Gasteiger partial charge in [-0.1, -0.05) is 24.3 Å². The van der Waals surface area contributed by atoms with E-state index in [9.17, 15) is 4.79 Å². The second-order valence-corrected chi connectivity index (χ2v) is 5.32. The van der Waals surface area contributed by atoms with Crippen LogP contribution in [0.2, 0.25) is 0 Å². The normalized spacial score (nSPS) is 21.2. The van der Waals surface area contributed by atoms with Crippen LogP contribution < -0.4 is 5.32 Å². The fourth-order valence-electron chi connectivity index (χ4n) is 2.55. The Morgan fingerprint density at radius 3 is 2.89 bits per heavy atom. The molecule has 0 aliphatic heterocycles. The fourth-order valence-corrected chi connectivity index (χ4v) is 2.92. The number of furan rings is 1. The zero-order chi connectivity index (χ0) is 13.4. The number of hydrogen-bond donors (Lipinski definition) is 1. The summed E-state index contributed by atoms with van der Waals surface area (Å²) in [6.07, 6.45) is 2.30. The van der Waals surface area contributed by atoms with Gasteiger partial charge in [-0.25, -0.2) is 0 Å². The highest BCUT2D eigenvalue weighted by atomic mass is 35.5. The molecule has 0 bridgehead atoms. The molecule has 0 saturated heterocycles. The van der Waals surface area contributed by atoms with Crippen molar-refractivity contribution in [2.45, 2.75) is 24.8 Å². The van der Waals surface area contributed by atoms with E-state index >= 15 is 0 Å². The van der Waals surface area contributed by atoms with Gasteiger partial charge in [0, 0.05) is 0 Å². The van der Waals surface area contributed by atoms with E-state index in [-0.39, 0.29) is 17.3 Å². The maximum absolute atomic E-state index is 12.2. The molecule has 3 rings (SSSR count). The molecule has 1 N–H and O–H groups in total. The van der Waals surface area contributed by atoms with E-state index < -0.39 is 0 Å². The van der Waals surface area contributed by atoms with Crippen molar-refractivity contribution in [1.29, 1.82) is 0 Å². The first kappa shape index (κ1) is 12.3. The van der Waals surface area contributed by atoms with Crippen molar-refractivity contribution in [3.8, 4) is 0 Å². The Hall–Kier alpha value is -1.74. The second-order valence-electron chi connectivity index (χ2n) is 4.76. The maximum atomic E-state index is 12.2. The number of rotatable bonds is 2. The first-order valence-corrected chi connectivity index (χ1v) is 6.67. The number of hydrogen-bond acceptors (Lipinski definition) is 2. The molecule has 1 aromatic heterocycles. The minimum atomic E-state index is -0.140. The van der Waals surface area contributed by atoms with Crippen LogP contribution >= 0.6 is 11.6 Å². The molecule has 2 atom stereocenters. The van der Waals surface area contributed by atoms with Gasteiger partial charge in [-0.3, -0.25) is 4.79 Å². The highest BCUT2D eigenvalue weighted by molar-refractivity contribution is 6.21. The van der Waals surface area contributed by atoms with E-state index in [2.05, 4.69) is 11.4 Å². The number of aryl methyl sites for hydroxylation is 1. The van der Waals surface area contributed by atoms with Gasteiger partial charge in [-0.2, -0.15) is 0 Å². The molecule has 1 aliphatic carbocycles. The molecule has 3 nitrogen and oxygen atoms in total. The van der Waals surface area contributed by atoms with Crippen molar-refractivity contribution in [3.63, 3.8) is 0 Å². The molecule has 0 radical (unpaired) electrons. The Balaban J connectivity index is 1.84. The molecule has 98 valence electrons. The largest absolute Gasteiger partial charge is 0.469 e. The highest BCUT2D eigenvalue weighted by Crippen LogP contribution is 2.34. The maximum Gasteiger partial charge on any atom is 0.255 e. The summed E-state index contributed by atoms with van der Waals surface area (Å²) in [5, 5.41) is 2.89. The summed E-state index contributed by atoms with van der Waals surface area (Å²) in [6.45, 7) is 1.77. The first-order valence-electron chi connectivity index (χ1n) is 6.23. The van der Waals surface area contributed by atoms with Crippen molar-refractivity contribution in [2.75, 3.05) is 0 Å². The number of carbonyl (C=O) groups excluding carboxylic acids is 1. The number of alkyl halides is 1. The Labute approximate surface area is 116 Å². The number of nitrogens with one attached hydrogen (secondary N) is 1. The fraction of sp³-hybridized carbons (Fsp3) is 0.267. The lowest BCUT2D eigenvalue weighted by Gasteiger charge is -2.17. The summed E-state index contributed by atoms with van der Waals surface area (Å²) in [6, 6.07) is 9.57. The van der Waals surface area contributed by atoms with Gasteiger partial charge in [0.25, 0.3) is 5.91 Å². The van der Waals surface area contributed by atoms with Crippen LogP contribution in [0.4, 0.5) is 0 Å².